The van der Waals surface area contributed by atoms with Crippen molar-refractivity contribution in [3.63, 3.8) is 0 Å². The number of hydrogen-bond donors (Lipinski definition) is 1. The molecule has 0 fully saturated rings. The van der Waals surface area contributed by atoms with Gasteiger partial charge in [0.1, 0.15) is 11.6 Å². The molecule has 0 bridgehead atoms. The largest absolute Gasteiger partial charge is 0.362 e. The summed E-state index contributed by atoms with van der Waals surface area (Å²) in [7, 11) is 0. The van der Waals surface area contributed by atoms with E-state index in [1.165, 1.54) is 4.63 Å². The average molecular weight is 259 g/mol. The summed E-state index contributed by atoms with van der Waals surface area (Å²) in [4.78, 5) is 0. The summed E-state index contributed by atoms with van der Waals surface area (Å²) in [6.07, 6.45) is 0. The Morgan fingerprint density at radius 1 is 1.32 bits per heavy atom. The zero-order valence-electron chi connectivity index (χ0n) is 10.8. The summed E-state index contributed by atoms with van der Waals surface area (Å²) in [6.45, 7) is 5.84. The van der Waals surface area contributed by atoms with E-state index < -0.39 is 0 Å². The summed E-state index contributed by atoms with van der Waals surface area (Å²) in [6, 6.07) is 3.67. The number of aryl methyl sites for hydroxylation is 2. The van der Waals surface area contributed by atoms with E-state index >= 15 is 0 Å². The van der Waals surface area contributed by atoms with Crippen LogP contribution in [-0.2, 0) is 0 Å². The fourth-order valence-corrected chi connectivity index (χ4v) is 2.13. The first-order valence-electron chi connectivity index (χ1n) is 5.90. The maximum absolute atomic E-state index is 5.16. The van der Waals surface area contributed by atoms with Gasteiger partial charge in [-0.15, -0.1) is 14.8 Å². The third kappa shape index (κ3) is 2.01. The van der Waals surface area contributed by atoms with Gasteiger partial charge < -0.3 is 9.84 Å². The molecule has 0 spiro atoms. The number of anilines is 1. The number of nitrogens with zero attached hydrogens (tertiary/aromatic N) is 6. The maximum atomic E-state index is 5.16. The molecule has 0 saturated carbocycles. The van der Waals surface area contributed by atoms with Crippen molar-refractivity contribution >= 4 is 11.5 Å². The zero-order valence-corrected chi connectivity index (χ0v) is 10.8. The molecular weight excluding hydrogens is 246 g/mol. The molecule has 3 heterocycles. The van der Waals surface area contributed by atoms with Crippen LogP contribution in [0.15, 0.2) is 16.7 Å². The van der Waals surface area contributed by atoms with E-state index in [0.717, 1.165) is 17.0 Å². The highest BCUT2D eigenvalue weighted by Crippen LogP contribution is 2.23. The number of fused-ring (bicyclic) bond motifs is 1. The molecule has 3 rings (SSSR count). The van der Waals surface area contributed by atoms with Crippen LogP contribution >= 0.6 is 0 Å². The second kappa shape index (κ2) is 4.30. The first-order chi connectivity index (χ1) is 9.15. The highest BCUT2D eigenvalue weighted by atomic mass is 16.5. The molecular formula is C11H13N7O. The molecule has 19 heavy (non-hydrogen) atoms. The van der Waals surface area contributed by atoms with Gasteiger partial charge in [-0.2, -0.15) is 0 Å². The summed E-state index contributed by atoms with van der Waals surface area (Å²) in [5.74, 6) is 1.49. The van der Waals surface area contributed by atoms with Crippen LogP contribution in [0.4, 0.5) is 5.82 Å². The van der Waals surface area contributed by atoms with E-state index in [2.05, 4.69) is 31.1 Å². The van der Waals surface area contributed by atoms with Gasteiger partial charge in [0.15, 0.2) is 5.65 Å². The number of hydrogen-bond acceptors (Lipinski definition) is 7. The van der Waals surface area contributed by atoms with Crippen LogP contribution in [0.5, 0.6) is 0 Å². The van der Waals surface area contributed by atoms with Gasteiger partial charge in [0.25, 0.3) is 0 Å². The van der Waals surface area contributed by atoms with Crippen molar-refractivity contribution in [2.75, 3.05) is 5.32 Å². The lowest BCUT2D eigenvalue weighted by atomic mass is 10.1. The molecule has 0 radical (unpaired) electrons. The normalized spacial score (nSPS) is 12.8. The summed E-state index contributed by atoms with van der Waals surface area (Å²) in [5, 5.41) is 22.6. The Labute approximate surface area is 108 Å². The van der Waals surface area contributed by atoms with Crippen LogP contribution in [0, 0.1) is 13.8 Å². The predicted octanol–water partition coefficient (Wildman–Crippen LogP) is 1.30. The predicted molar refractivity (Wildman–Crippen MR) is 66.6 cm³/mol. The molecule has 0 saturated heterocycles. The van der Waals surface area contributed by atoms with Crippen LogP contribution in [0.1, 0.15) is 30.0 Å². The molecule has 1 N–H and O–H groups in total. The van der Waals surface area contributed by atoms with Crippen molar-refractivity contribution in [3.05, 3.63) is 29.2 Å². The minimum Gasteiger partial charge on any atom is -0.362 e. The lowest BCUT2D eigenvalue weighted by Gasteiger charge is -2.13. The molecule has 3 aromatic rings. The van der Waals surface area contributed by atoms with Gasteiger partial charge in [-0.3, -0.25) is 0 Å². The first-order valence-corrected chi connectivity index (χ1v) is 5.90. The Morgan fingerprint density at radius 2 is 2.16 bits per heavy atom. The molecule has 0 aliphatic heterocycles. The maximum Gasteiger partial charge on any atom is 0.200 e. The molecule has 0 aliphatic carbocycles. The minimum absolute atomic E-state index is 0.0349. The van der Waals surface area contributed by atoms with E-state index in [1.54, 1.807) is 6.07 Å². The zero-order chi connectivity index (χ0) is 13.4. The van der Waals surface area contributed by atoms with E-state index in [9.17, 15) is 0 Å². The fraction of sp³-hybridized carbons (Fsp3) is 0.364. The molecule has 0 aromatic carbocycles. The van der Waals surface area contributed by atoms with Crippen molar-refractivity contribution in [2.45, 2.75) is 26.8 Å². The lowest BCUT2D eigenvalue weighted by Crippen LogP contribution is -2.11. The summed E-state index contributed by atoms with van der Waals surface area (Å²) < 4.78 is 6.54. The van der Waals surface area contributed by atoms with E-state index in [-0.39, 0.29) is 6.04 Å². The summed E-state index contributed by atoms with van der Waals surface area (Å²) >= 11 is 0. The third-order valence-electron chi connectivity index (χ3n) is 2.96. The SMILES string of the molecule is Cc1noc(C)c1C(C)Nc1ccc2nnnn2n1. The molecule has 8 nitrogen and oxygen atoms in total. The van der Waals surface area contributed by atoms with Crippen molar-refractivity contribution in [1.29, 1.82) is 0 Å². The van der Waals surface area contributed by atoms with Crippen molar-refractivity contribution < 1.29 is 4.52 Å². The van der Waals surface area contributed by atoms with Crippen LogP contribution < -0.4 is 5.32 Å². The van der Waals surface area contributed by atoms with Gasteiger partial charge >= 0.3 is 0 Å². The van der Waals surface area contributed by atoms with Crippen LogP contribution in [0.2, 0.25) is 0 Å². The lowest BCUT2D eigenvalue weighted by molar-refractivity contribution is 0.392. The van der Waals surface area contributed by atoms with Gasteiger partial charge in [0, 0.05) is 5.56 Å². The molecule has 8 heteroatoms. The Bertz CT molecular complexity index is 697. The molecule has 1 atom stereocenters. The standard InChI is InChI=1S/C11H13N7O/c1-6(11-7(2)15-19-8(11)3)12-9-4-5-10-13-16-17-18(10)14-9/h4-6H,1-3H3,(H,12,14). The van der Waals surface area contributed by atoms with Crippen LogP contribution in [0.3, 0.4) is 0 Å². The highest BCUT2D eigenvalue weighted by Gasteiger charge is 2.16. The van der Waals surface area contributed by atoms with Gasteiger partial charge in [0.05, 0.1) is 11.7 Å². The number of nitrogens with one attached hydrogen (secondary N) is 1. The Hall–Kier alpha value is -2.51. The quantitative estimate of drug-likeness (QED) is 0.757. The Balaban J connectivity index is 1.88. The van der Waals surface area contributed by atoms with E-state index in [1.807, 2.05) is 26.8 Å². The second-order valence-corrected chi connectivity index (χ2v) is 4.35. The van der Waals surface area contributed by atoms with Crippen LogP contribution in [0.25, 0.3) is 5.65 Å². The number of tetrazole rings is 1. The molecule has 0 aliphatic rings. The smallest absolute Gasteiger partial charge is 0.200 e. The topological polar surface area (TPSA) is 94.0 Å². The van der Waals surface area contributed by atoms with E-state index in [4.69, 9.17) is 4.52 Å². The van der Waals surface area contributed by atoms with Gasteiger partial charge in [-0.05, 0) is 43.3 Å². The molecule has 0 amide bonds. The Morgan fingerprint density at radius 3 is 2.89 bits per heavy atom. The summed E-state index contributed by atoms with van der Waals surface area (Å²) in [5.41, 5.74) is 2.52. The van der Waals surface area contributed by atoms with Gasteiger partial charge in [-0.1, -0.05) is 5.16 Å². The number of aromatic nitrogens is 6. The minimum atomic E-state index is 0.0349. The monoisotopic (exact) mass is 259 g/mol. The Kier molecular flexibility index (Phi) is 2.62. The highest BCUT2D eigenvalue weighted by molar-refractivity contribution is 5.44. The van der Waals surface area contributed by atoms with Gasteiger partial charge in [-0.25, -0.2) is 0 Å². The molecule has 98 valence electrons. The van der Waals surface area contributed by atoms with E-state index in [0.29, 0.717) is 11.5 Å². The third-order valence-corrected chi connectivity index (χ3v) is 2.96. The van der Waals surface area contributed by atoms with Gasteiger partial charge in [0.2, 0.25) is 0 Å². The molecule has 1 unspecified atom stereocenters. The van der Waals surface area contributed by atoms with Crippen molar-refractivity contribution in [1.82, 2.24) is 30.4 Å². The average Bonchev–Trinajstić information content (AvgIpc) is 2.95. The van der Waals surface area contributed by atoms with Crippen molar-refractivity contribution in [2.24, 2.45) is 0 Å². The van der Waals surface area contributed by atoms with Crippen LogP contribution in [-0.4, -0.2) is 30.4 Å². The first kappa shape index (κ1) is 11.6. The molecule has 3 aromatic heterocycles. The van der Waals surface area contributed by atoms with Crippen molar-refractivity contribution in [3.8, 4) is 0 Å². The fourth-order valence-electron chi connectivity index (χ4n) is 2.13. The number of rotatable bonds is 3. The second-order valence-electron chi connectivity index (χ2n) is 4.35.